The highest BCUT2D eigenvalue weighted by Crippen LogP contribution is 2.26. The van der Waals surface area contributed by atoms with Crippen molar-refractivity contribution < 1.29 is 9.90 Å². The normalized spacial score (nSPS) is 11.0. The lowest BCUT2D eigenvalue weighted by molar-refractivity contribution is -0.131. The van der Waals surface area contributed by atoms with Gasteiger partial charge in [-0.15, -0.1) is 12.4 Å². The minimum absolute atomic E-state index is 0. The first-order valence-corrected chi connectivity index (χ1v) is 7.80. The molecule has 25 heavy (non-hydrogen) atoms. The Balaban J connectivity index is 0.00000225. The first-order valence-electron chi connectivity index (χ1n) is 7.05. The maximum atomic E-state index is 10.8. The van der Waals surface area contributed by atoms with Gasteiger partial charge < -0.3 is 10.8 Å². The SMILES string of the molecule is Cl.Nc1ccc2c(/C=C/C(=O)O)nn(Cc3ccc(Cl)cc3Cl)c2c1. The summed E-state index contributed by atoms with van der Waals surface area (Å²) < 4.78 is 1.74. The molecular formula is C17H14Cl3N3O2. The number of aromatic nitrogens is 2. The van der Waals surface area contributed by atoms with Gasteiger partial charge in [-0.1, -0.05) is 29.3 Å². The van der Waals surface area contributed by atoms with Crippen LogP contribution in [0.15, 0.2) is 42.5 Å². The van der Waals surface area contributed by atoms with Gasteiger partial charge in [0.25, 0.3) is 0 Å². The van der Waals surface area contributed by atoms with Crippen molar-refractivity contribution in [3.63, 3.8) is 0 Å². The van der Waals surface area contributed by atoms with E-state index in [4.69, 9.17) is 34.0 Å². The van der Waals surface area contributed by atoms with Crippen LogP contribution in [-0.2, 0) is 11.3 Å². The van der Waals surface area contributed by atoms with E-state index in [0.717, 1.165) is 22.5 Å². The summed E-state index contributed by atoms with van der Waals surface area (Å²) in [5, 5.41) is 15.2. The molecule has 0 radical (unpaired) electrons. The zero-order valence-corrected chi connectivity index (χ0v) is 15.1. The third-order valence-electron chi connectivity index (χ3n) is 3.52. The molecule has 8 heteroatoms. The molecule has 0 aliphatic rings. The molecule has 0 amide bonds. The van der Waals surface area contributed by atoms with Gasteiger partial charge in [0.05, 0.1) is 17.8 Å². The predicted octanol–water partition coefficient (Wildman–Crippen LogP) is 4.49. The van der Waals surface area contributed by atoms with E-state index in [1.165, 1.54) is 6.08 Å². The molecular weight excluding hydrogens is 385 g/mol. The van der Waals surface area contributed by atoms with Crippen LogP contribution in [0.5, 0.6) is 0 Å². The Labute approximate surface area is 160 Å². The Hall–Kier alpha value is -2.21. The monoisotopic (exact) mass is 397 g/mol. The average molecular weight is 399 g/mol. The molecule has 2 aromatic carbocycles. The standard InChI is InChI=1S/C17H13Cl2N3O2.ClH/c18-11-2-1-10(14(19)7-11)9-22-16-8-12(20)3-4-13(16)15(21-22)5-6-17(23)24;/h1-8H,9,20H2,(H,23,24);1H/b6-5+;. The first kappa shape index (κ1) is 19.1. The van der Waals surface area contributed by atoms with Crippen molar-refractivity contribution in [1.82, 2.24) is 9.78 Å². The number of halogens is 3. The van der Waals surface area contributed by atoms with Crippen molar-refractivity contribution in [2.24, 2.45) is 0 Å². The second-order valence-electron chi connectivity index (χ2n) is 5.23. The van der Waals surface area contributed by atoms with Gasteiger partial charge >= 0.3 is 5.97 Å². The third-order valence-corrected chi connectivity index (χ3v) is 4.11. The van der Waals surface area contributed by atoms with Crippen molar-refractivity contribution in [1.29, 1.82) is 0 Å². The number of nitrogens with zero attached hydrogens (tertiary/aromatic N) is 2. The van der Waals surface area contributed by atoms with Gasteiger partial charge in [0.1, 0.15) is 0 Å². The number of rotatable bonds is 4. The largest absolute Gasteiger partial charge is 0.478 e. The molecule has 0 aliphatic heterocycles. The van der Waals surface area contributed by atoms with Crippen LogP contribution in [0, 0.1) is 0 Å². The highest BCUT2D eigenvalue weighted by molar-refractivity contribution is 6.35. The number of fused-ring (bicyclic) bond motifs is 1. The molecule has 0 atom stereocenters. The van der Waals surface area contributed by atoms with Gasteiger partial charge in [0, 0.05) is 27.2 Å². The van der Waals surface area contributed by atoms with Gasteiger partial charge in [-0.05, 0) is 42.0 Å². The Morgan fingerprint density at radius 3 is 2.68 bits per heavy atom. The number of carboxylic acids is 1. The van der Waals surface area contributed by atoms with Crippen molar-refractivity contribution in [2.45, 2.75) is 6.54 Å². The summed E-state index contributed by atoms with van der Waals surface area (Å²) in [7, 11) is 0. The lowest BCUT2D eigenvalue weighted by Gasteiger charge is -2.07. The highest BCUT2D eigenvalue weighted by Gasteiger charge is 2.11. The summed E-state index contributed by atoms with van der Waals surface area (Å²) in [5.74, 6) is -1.03. The molecule has 0 saturated carbocycles. The van der Waals surface area contributed by atoms with Crippen LogP contribution in [0.25, 0.3) is 17.0 Å². The number of benzene rings is 2. The Morgan fingerprint density at radius 2 is 2.00 bits per heavy atom. The second-order valence-corrected chi connectivity index (χ2v) is 6.07. The molecule has 0 bridgehead atoms. The number of aliphatic carboxylic acids is 1. The van der Waals surface area contributed by atoms with Gasteiger partial charge in [0.15, 0.2) is 0 Å². The number of nitrogen functional groups attached to an aromatic ring is 1. The molecule has 1 heterocycles. The van der Waals surface area contributed by atoms with Crippen molar-refractivity contribution in [2.75, 3.05) is 5.73 Å². The lowest BCUT2D eigenvalue weighted by Crippen LogP contribution is -2.02. The Bertz CT molecular complexity index is 967. The lowest BCUT2D eigenvalue weighted by atomic mass is 10.1. The van der Waals surface area contributed by atoms with E-state index in [-0.39, 0.29) is 12.4 Å². The van der Waals surface area contributed by atoms with Crippen LogP contribution in [0.3, 0.4) is 0 Å². The summed E-state index contributed by atoms with van der Waals surface area (Å²) in [6.07, 6.45) is 2.51. The zero-order chi connectivity index (χ0) is 17.3. The van der Waals surface area contributed by atoms with E-state index in [0.29, 0.717) is 28.0 Å². The maximum Gasteiger partial charge on any atom is 0.328 e. The molecule has 0 unspecified atom stereocenters. The summed E-state index contributed by atoms with van der Waals surface area (Å²) in [4.78, 5) is 10.8. The van der Waals surface area contributed by atoms with Crippen LogP contribution >= 0.6 is 35.6 Å². The fraction of sp³-hybridized carbons (Fsp3) is 0.0588. The van der Waals surface area contributed by atoms with Crippen LogP contribution in [0.1, 0.15) is 11.3 Å². The number of carboxylic acid groups (broad SMARTS) is 1. The Kier molecular flexibility index (Phi) is 5.95. The van der Waals surface area contributed by atoms with Crippen LogP contribution < -0.4 is 5.73 Å². The highest BCUT2D eigenvalue weighted by atomic mass is 35.5. The van der Waals surface area contributed by atoms with E-state index < -0.39 is 5.97 Å². The molecule has 0 aliphatic carbocycles. The first-order chi connectivity index (χ1) is 11.4. The topological polar surface area (TPSA) is 81.1 Å². The molecule has 130 valence electrons. The van der Waals surface area contributed by atoms with Crippen LogP contribution in [-0.4, -0.2) is 20.9 Å². The Morgan fingerprint density at radius 1 is 1.24 bits per heavy atom. The van der Waals surface area contributed by atoms with E-state index in [2.05, 4.69) is 5.10 Å². The molecule has 0 spiro atoms. The molecule has 3 aromatic rings. The predicted molar refractivity (Wildman–Crippen MR) is 104 cm³/mol. The van der Waals surface area contributed by atoms with Gasteiger partial charge in [-0.25, -0.2) is 4.79 Å². The van der Waals surface area contributed by atoms with Crippen LogP contribution in [0.2, 0.25) is 10.0 Å². The number of nitrogens with two attached hydrogens (primary N) is 1. The fourth-order valence-electron chi connectivity index (χ4n) is 2.42. The summed E-state index contributed by atoms with van der Waals surface area (Å²) in [6.45, 7) is 0.414. The molecule has 5 nitrogen and oxygen atoms in total. The van der Waals surface area contributed by atoms with E-state index >= 15 is 0 Å². The van der Waals surface area contributed by atoms with E-state index in [1.54, 1.807) is 28.9 Å². The molecule has 0 fully saturated rings. The molecule has 3 rings (SSSR count). The van der Waals surface area contributed by atoms with Gasteiger partial charge in [-0.3, -0.25) is 4.68 Å². The zero-order valence-electron chi connectivity index (χ0n) is 12.8. The number of anilines is 1. The summed E-state index contributed by atoms with van der Waals surface area (Å²) in [6, 6.07) is 10.6. The number of hydrogen-bond acceptors (Lipinski definition) is 3. The quantitative estimate of drug-likeness (QED) is 0.501. The number of hydrogen-bond donors (Lipinski definition) is 2. The molecule has 1 aromatic heterocycles. The minimum Gasteiger partial charge on any atom is -0.478 e. The smallest absolute Gasteiger partial charge is 0.328 e. The molecule has 0 saturated heterocycles. The van der Waals surface area contributed by atoms with Crippen molar-refractivity contribution in [3.8, 4) is 0 Å². The average Bonchev–Trinajstić information content (AvgIpc) is 2.85. The maximum absolute atomic E-state index is 10.8. The van der Waals surface area contributed by atoms with E-state index in [9.17, 15) is 4.79 Å². The van der Waals surface area contributed by atoms with Crippen LogP contribution in [0.4, 0.5) is 5.69 Å². The summed E-state index contributed by atoms with van der Waals surface area (Å²) >= 11 is 12.2. The minimum atomic E-state index is -1.03. The molecule has 3 N–H and O–H groups in total. The fourth-order valence-corrected chi connectivity index (χ4v) is 2.89. The van der Waals surface area contributed by atoms with Crippen molar-refractivity contribution >= 4 is 64.2 Å². The van der Waals surface area contributed by atoms with Gasteiger partial charge in [-0.2, -0.15) is 5.10 Å². The third kappa shape index (κ3) is 4.25. The summed E-state index contributed by atoms with van der Waals surface area (Å²) in [5.41, 5.74) is 8.67. The number of carbonyl (C=O) groups is 1. The van der Waals surface area contributed by atoms with E-state index in [1.807, 2.05) is 12.1 Å². The van der Waals surface area contributed by atoms with Crippen molar-refractivity contribution in [3.05, 3.63) is 63.8 Å². The second kappa shape index (κ2) is 7.78. The van der Waals surface area contributed by atoms with Gasteiger partial charge in [0.2, 0.25) is 0 Å².